The first-order valence-electron chi connectivity index (χ1n) is 5.39. The predicted molar refractivity (Wildman–Crippen MR) is 72.7 cm³/mol. The smallest absolute Gasteiger partial charge is 0.225 e. The summed E-state index contributed by atoms with van der Waals surface area (Å²) in [5, 5.41) is 4.02. The number of nitrogens with one attached hydrogen (secondary N) is 1. The number of hydrogen-bond acceptors (Lipinski definition) is 4. The Morgan fingerprint density at radius 2 is 2.11 bits per heavy atom. The SMILES string of the molecule is CCNc1nccc(Oc2cc(Cl)ccc2Cl)n1. The van der Waals surface area contributed by atoms with Gasteiger partial charge in [-0.05, 0) is 19.1 Å². The van der Waals surface area contributed by atoms with Crippen molar-refractivity contribution in [3.63, 3.8) is 0 Å². The van der Waals surface area contributed by atoms with Crippen molar-refractivity contribution in [3.8, 4) is 11.6 Å². The third-order valence-corrected chi connectivity index (χ3v) is 2.62. The van der Waals surface area contributed by atoms with Crippen molar-refractivity contribution in [2.24, 2.45) is 0 Å². The Morgan fingerprint density at radius 1 is 1.28 bits per heavy atom. The number of benzene rings is 1. The van der Waals surface area contributed by atoms with E-state index in [1.165, 1.54) is 0 Å². The average molecular weight is 284 g/mol. The third kappa shape index (κ3) is 3.24. The summed E-state index contributed by atoms with van der Waals surface area (Å²) >= 11 is 11.9. The van der Waals surface area contributed by atoms with Crippen LogP contribution in [0.3, 0.4) is 0 Å². The molecule has 1 heterocycles. The van der Waals surface area contributed by atoms with Crippen molar-refractivity contribution in [1.82, 2.24) is 9.97 Å². The van der Waals surface area contributed by atoms with Gasteiger partial charge >= 0.3 is 0 Å². The average Bonchev–Trinajstić information content (AvgIpc) is 2.35. The van der Waals surface area contributed by atoms with Crippen LogP contribution in [-0.2, 0) is 0 Å². The number of anilines is 1. The van der Waals surface area contributed by atoms with Crippen LogP contribution in [0.15, 0.2) is 30.5 Å². The van der Waals surface area contributed by atoms with Crippen LogP contribution in [0.5, 0.6) is 11.6 Å². The van der Waals surface area contributed by atoms with E-state index in [1.807, 2.05) is 6.92 Å². The largest absolute Gasteiger partial charge is 0.437 e. The zero-order chi connectivity index (χ0) is 13.0. The molecule has 0 aliphatic carbocycles. The fraction of sp³-hybridized carbons (Fsp3) is 0.167. The van der Waals surface area contributed by atoms with Gasteiger partial charge in [0.1, 0.15) is 5.75 Å². The molecule has 18 heavy (non-hydrogen) atoms. The lowest BCUT2D eigenvalue weighted by Gasteiger charge is -2.08. The molecule has 2 rings (SSSR count). The van der Waals surface area contributed by atoms with Crippen molar-refractivity contribution in [1.29, 1.82) is 0 Å². The number of nitrogens with zero attached hydrogens (tertiary/aromatic N) is 2. The monoisotopic (exact) mass is 283 g/mol. The Bertz CT molecular complexity index is 549. The molecular weight excluding hydrogens is 273 g/mol. The maximum atomic E-state index is 6.00. The second-order valence-corrected chi connectivity index (χ2v) is 4.27. The molecule has 1 N–H and O–H groups in total. The Hall–Kier alpha value is -1.52. The zero-order valence-corrected chi connectivity index (χ0v) is 11.2. The summed E-state index contributed by atoms with van der Waals surface area (Å²) in [4.78, 5) is 8.23. The van der Waals surface area contributed by atoms with Gasteiger partial charge in [0.25, 0.3) is 0 Å². The predicted octanol–water partition coefficient (Wildman–Crippen LogP) is 4.01. The Labute approximate surface area is 115 Å². The van der Waals surface area contributed by atoms with E-state index >= 15 is 0 Å². The van der Waals surface area contributed by atoms with Crippen molar-refractivity contribution in [2.45, 2.75) is 6.92 Å². The summed E-state index contributed by atoms with van der Waals surface area (Å²) in [5.74, 6) is 1.38. The maximum Gasteiger partial charge on any atom is 0.225 e. The highest BCUT2D eigenvalue weighted by Gasteiger charge is 2.06. The van der Waals surface area contributed by atoms with Gasteiger partial charge in [0.2, 0.25) is 11.8 Å². The lowest BCUT2D eigenvalue weighted by molar-refractivity contribution is 0.462. The summed E-state index contributed by atoms with van der Waals surface area (Å²) in [7, 11) is 0. The van der Waals surface area contributed by atoms with Crippen LogP contribution in [0.4, 0.5) is 5.95 Å². The van der Waals surface area contributed by atoms with Crippen LogP contribution in [0, 0.1) is 0 Å². The summed E-state index contributed by atoms with van der Waals surface area (Å²) in [6, 6.07) is 6.66. The van der Waals surface area contributed by atoms with Crippen LogP contribution in [0.1, 0.15) is 6.92 Å². The van der Waals surface area contributed by atoms with Crippen molar-refractivity contribution >= 4 is 29.2 Å². The van der Waals surface area contributed by atoms with Gasteiger partial charge in [0.15, 0.2) is 0 Å². The van der Waals surface area contributed by atoms with Crippen LogP contribution in [0.25, 0.3) is 0 Å². The summed E-state index contributed by atoms with van der Waals surface area (Å²) in [5.41, 5.74) is 0. The highest BCUT2D eigenvalue weighted by Crippen LogP contribution is 2.31. The molecule has 0 saturated heterocycles. The molecule has 4 nitrogen and oxygen atoms in total. The minimum atomic E-state index is 0.408. The fourth-order valence-corrected chi connectivity index (χ4v) is 1.63. The number of rotatable bonds is 4. The molecule has 0 fully saturated rings. The molecule has 94 valence electrons. The normalized spacial score (nSPS) is 10.2. The topological polar surface area (TPSA) is 47.0 Å². The highest BCUT2D eigenvalue weighted by atomic mass is 35.5. The molecule has 0 saturated carbocycles. The molecule has 1 aromatic heterocycles. The van der Waals surface area contributed by atoms with E-state index in [-0.39, 0.29) is 0 Å². The minimum absolute atomic E-state index is 0.408. The molecule has 0 spiro atoms. The van der Waals surface area contributed by atoms with E-state index in [4.69, 9.17) is 27.9 Å². The standard InChI is InChI=1S/C12H11Cl2N3O/c1-2-15-12-16-6-5-11(17-12)18-10-7-8(13)3-4-9(10)14/h3-7H,2H2,1H3,(H,15,16,17). The molecule has 0 aliphatic rings. The van der Waals surface area contributed by atoms with E-state index in [1.54, 1.807) is 30.5 Å². The summed E-state index contributed by atoms with van der Waals surface area (Å²) in [6.07, 6.45) is 1.61. The van der Waals surface area contributed by atoms with Crippen LogP contribution >= 0.6 is 23.2 Å². The highest BCUT2D eigenvalue weighted by molar-refractivity contribution is 6.34. The molecule has 0 atom stereocenters. The van der Waals surface area contributed by atoms with Gasteiger partial charge in [-0.15, -0.1) is 0 Å². The molecule has 6 heteroatoms. The number of hydrogen-bond donors (Lipinski definition) is 1. The summed E-state index contributed by atoms with van der Waals surface area (Å²) < 4.78 is 5.57. The van der Waals surface area contributed by atoms with Gasteiger partial charge < -0.3 is 10.1 Å². The fourth-order valence-electron chi connectivity index (χ4n) is 1.31. The van der Waals surface area contributed by atoms with Gasteiger partial charge in [-0.25, -0.2) is 4.98 Å². The molecule has 0 unspecified atom stereocenters. The van der Waals surface area contributed by atoms with E-state index in [0.717, 1.165) is 6.54 Å². The lowest BCUT2D eigenvalue weighted by Crippen LogP contribution is -2.02. The second kappa shape index (κ2) is 5.89. The first kappa shape index (κ1) is 12.9. The van der Waals surface area contributed by atoms with E-state index < -0.39 is 0 Å². The molecule has 0 amide bonds. The molecule has 0 radical (unpaired) electrons. The van der Waals surface area contributed by atoms with Crippen molar-refractivity contribution < 1.29 is 4.74 Å². The first-order chi connectivity index (χ1) is 8.69. The molecule has 2 aromatic rings. The van der Waals surface area contributed by atoms with Gasteiger partial charge in [0.05, 0.1) is 5.02 Å². The van der Waals surface area contributed by atoms with E-state index in [2.05, 4.69) is 15.3 Å². The molecular formula is C12H11Cl2N3O. The number of aromatic nitrogens is 2. The molecule has 1 aromatic carbocycles. The van der Waals surface area contributed by atoms with Crippen molar-refractivity contribution in [3.05, 3.63) is 40.5 Å². The van der Waals surface area contributed by atoms with Crippen LogP contribution in [-0.4, -0.2) is 16.5 Å². The third-order valence-electron chi connectivity index (χ3n) is 2.07. The Balaban J connectivity index is 2.22. The van der Waals surface area contributed by atoms with Gasteiger partial charge in [-0.2, -0.15) is 4.98 Å². The maximum absolute atomic E-state index is 6.00. The molecule has 0 aliphatic heterocycles. The van der Waals surface area contributed by atoms with E-state index in [0.29, 0.717) is 27.6 Å². The Morgan fingerprint density at radius 3 is 2.89 bits per heavy atom. The zero-order valence-electron chi connectivity index (χ0n) is 9.65. The lowest BCUT2D eigenvalue weighted by atomic mass is 10.3. The van der Waals surface area contributed by atoms with Gasteiger partial charge in [0, 0.05) is 29.9 Å². The second-order valence-electron chi connectivity index (χ2n) is 3.43. The van der Waals surface area contributed by atoms with Gasteiger partial charge in [-0.1, -0.05) is 23.2 Å². The number of ether oxygens (including phenoxy) is 1. The molecule has 0 bridgehead atoms. The van der Waals surface area contributed by atoms with Crippen molar-refractivity contribution in [2.75, 3.05) is 11.9 Å². The first-order valence-corrected chi connectivity index (χ1v) is 6.14. The quantitative estimate of drug-likeness (QED) is 0.921. The van der Waals surface area contributed by atoms with Gasteiger partial charge in [-0.3, -0.25) is 0 Å². The minimum Gasteiger partial charge on any atom is -0.437 e. The van der Waals surface area contributed by atoms with Crippen LogP contribution < -0.4 is 10.1 Å². The van der Waals surface area contributed by atoms with E-state index in [9.17, 15) is 0 Å². The van der Waals surface area contributed by atoms with Crippen LogP contribution in [0.2, 0.25) is 10.0 Å². The summed E-state index contributed by atoms with van der Waals surface area (Å²) in [6.45, 7) is 2.70. The Kier molecular flexibility index (Phi) is 4.23. The number of halogens is 2.